The second kappa shape index (κ2) is 10.5. The molecular formula is C22H35N3O5S. The normalized spacial score (nSPS) is 19.6. The Balaban J connectivity index is 1.80. The minimum absolute atomic E-state index is 0.00697. The second-order valence-electron chi connectivity index (χ2n) is 9.01. The molecule has 0 saturated heterocycles. The molecule has 0 unspecified atom stereocenters. The van der Waals surface area contributed by atoms with E-state index in [0.717, 1.165) is 5.69 Å². The number of aromatic carboxylic acids is 1. The summed E-state index contributed by atoms with van der Waals surface area (Å²) in [5, 5.41) is 12.1. The fourth-order valence-corrected chi connectivity index (χ4v) is 4.66. The Morgan fingerprint density at radius 3 is 2.35 bits per heavy atom. The lowest BCUT2D eigenvalue weighted by Gasteiger charge is -2.31. The number of likely N-dealkylation sites (N-methyl/N-ethyl adjacent to an activating group) is 1. The van der Waals surface area contributed by atoms with E-state index in [0.29, 0.717) is 45.3 Å². The molecule has 0 atom stereocenters. The molecule has 31 heavy (non-hydrogen) atoms. The molecule has 0 heterocycles. The largest absolute Gasteiger partial charge is 0.478 e. The van der Waals surface area contributed by atoms with E-state index >= 15 is 0 Å². The lowest BCUT2D eigenvalue weighted by Crippen LogP contribution is -2.47. The summed E-state index contributed by atoms with van der Waals surface area (Å²) in [4.78, 5) is 25.7. The minimum Gasteiger partial charge on any atom is -0.478 e. The molecule has 1 saturated carbocycles. The van der Waals surface area contributed by atoms with Crippen molar-refractivity contribution in [1.29, 1.82) is 0 Å². The first-order valence-corrected chi connectivity index (χ1v) is 12.3. The number of carboxylic acid groups (broad SMARTS) is 1. The fraction of sp³-hybridized carbons (Fsp3) is 0.636. The number of rotatable bonds is 9. The first kappa shape index (κ1) is 25.1. The van der Waals surface area contributed by atoms with Crippen molar-refractivity contribution < 1.29 is 23.1 Å². The summed E-state index contributed by atoms with van der Waals surface area (Å²) in [6.45, 7) is 8.73. The number of sulfonamides is 1. The Labute approximate surface area is 185 Å². The third kappa shape index (κ3) is 6.93. The van der Waals surface area contributed by atoms with Gasteiger partial charge in [0.15, 0.2) is 0 Å². The number of hydrogen-bond acceptors (Lipinski definition) is 5. The van der Waals surface area contributed by atoms with E-state index in [-0.39, 0.29) is 23.4 Å². The third-order valence-corrected chi connectivity index (χ3v) is 8.00. The zero-order chi connectivity index (χ0) is 23.2. The Morgan fingerprint density at radius 1 is 1.16 bits per heavy atom. The van der Waals surface area contributed by atoms with Gasteiger partial charge in [0.1, 0.15) is 0 Å². The highest BCUT2D eigenvalue weighted by molar-refractivity contribution is 7.90. The van der Waals surface area contributed by atoms with Gasteiger partial charge >= 0.3 is 5.97 Å². The Morgan fingerprint density at radius 2 is 1.81 bits per heavy atom. The quantitative estimate of drug-likeness (QED) is 0.529. The van der Waals surface area contributed by atoms with Crippen LogP contribution < -0.4 is 14.9 Å². The molecule has 0 spiro atoms. The van der Waals surface area contributed by atoms with E-state index in [1.54, 1.807) is 39.0 Å². The van der Waals surface area contributed by atoms with Crippen LogP contribution in [-0.2, 0) is 14.8 Å². The molecule has 1 aliphatic carbocycles. The van der Waals surface area contributed by atoms with Crippen LogP contribution in [0.2, 0.25) is 0 Å². The average molecular weight is 454 g/mol. The van der Waals surface area contributed by atoms with E-state index in [9.17, 15) is 18.0 Å². The van der Waals surface area contributed by atoms with Gasteiger partial charge < -0.3 is 15.3 Å². The van der Waals surface area contributed by atoms with E-state index in [4.69, 9.17) is 5.11 Å². The lowest BCUT2D eigenvalue weighted by atomic mass is 9.86. The van der Waals surface area contributed by atoms with Gasteiger partial charge in [-0.3, -0.25) is 4.79 Å². The molecule has 0 radical (unpaired) electrons. The van der Waals surface area contributed by atoms with Crippen LogP contribution in [0.15, 0.2) is 24.3 Å². The van der Waals surface area contributed by atoms with Crippen LogP contribution in [-0.4, -0.2) is 55.8 Å². The number of carbonyl (C=O) groups is 2. The highest BCUT2D eigenvalue weighted by Gasteiger charge is 2.34. The van der Waals surface area contributed by atoms with Gasteiger partial charge in [-0.15, -0.1) is 0 Å². The van der Waals surface area contributed by atoms with Gasteiger partial charge in [0, 0.05) is 37.3 Å². The zero-order valence-corrected chi connectivity index (χ0v) is 19.7. The van der Waals surface area contributed by atoms with E-state index in [1.807, 2.05) is 17.9 Å². The Kier molecular flexibility index (Phi) is 8.48. The Hall–Kier alpha value is -2.13. The van der Waals surface area contributed by atoms with Crippen LogP contribution in [0.1, 0.15) is 63.7 Å². The number of anilines is 1. The van der Waals surface area contributed by atoms with Crippen molar-refractivity contribution in [2.45, 2.75) is 64.2 Å². The maximum Gasteiger partial charge on any atom is 0.335 e. The molecular weight excluding hydrogens is 418 g/mol. The summed E-state index contributed by atoms with van der Waals surface area (Å²) in [5.41, 5.74) is 1.04. The topological polar surface area (TPSA) is 116 Å². The number of nitrogens with zero attached hydrogens (tertiary/aromatic N) is 1. The summed E-state index contributed by atoms with van der Waals surface area (Å²) in [6, 6.07) is 6.64. The van der Waals surface area contributed by atoms with Crippen molar-refractivity contribution >= 4 is 27.6 Å². The number of hydrogen-bond donors (Lipinski definition) is 3. The van der Waals surface area contributed by atoms with Crippen molar-refractivity contribution in [3.8, 4) is 0 Å². The van der Waals surface area contributed by atoms with Gasteiger partial charge in [-0.05, 0) is 71.6 Å². The molecule has 1 aromatic carbocycles. The molecule has 1 fully saturated rings. The molecule has 0 aliphatic heterocycles. The number of amides is 1. The van der Waals surface area contributed by atoms with Crippen molar-refractivity contribution in [3.63, 3.8) is 0 Å². The summed E-state index contributed by atoms with van der Waals surface area (Å²) in [6.07, 6.45) is 2.61. The number of nitrogens with one attached hydrogen (secondary N) is 2. The molecule has 3 N–H and O–H groups in total. The van der Waals surface area contributed by atoms with Gasteiger partial charge in [0.2, 0.25) is 15.9 Å². The van der Waals surface area contributed by atoms with Crippen molar-refractivity contribution in [1.82, 2.24) is 10.0 Å². The van der Waals surface area contributed by atoms with Crippen LogP contribution in [0, 0.1) is 5.92 Å². The lowest BCUT2D eigenvalue weighted by molar-refractivity contribution is -0.125. The van der Waals surface area contributed by atoms with Gasteiger partial charge in [-0.25, -0.2) is 17.9 Å². The SMILES string of the molecule is CCN(CCNC(=O)C1CCC(NS(=O)(=O)C(C)(C)C)CC1)c1cccc(C(=O)O)c1. The second-order valence-corrected chi connectivity index (χ2v) is 11.5. The summed E-state index contributed by atoms with van der Waals surface area (Å²) in [5.74, 6) is -1.08. The fourth-order valence-electron chi connectivity index (χ4n) is 3.63. The van der Waals surface area contributed by atoms with Crippen LogP contribution in [0.25, 0.3) is 0 Å². The highest BCUT2D eigenvalue weighted by Crippen LogP contribution is 2.26. The van der Waals surface area contributed by atoms with Gasteiger partial charge in [0.05, 0.1) is 10.3 Å². The van der Waals surface area contributed by atoms with Gasteiger partial charge in [0.25, 0.3) is 0 Å². The van der Waals surface area contributed by atoms with Crippen LogP contribution in [0.4, 0.5) is 5.69 Å². The van der Waals surface area contributed by atoms with Crippen LogP contribution >= 0.6 is 0 Å². The highest BCUT2D eigenvalue weighted by atomic mass is 32.2. The summed E-state index contributed by atoms with van der Waals surface area (Å²) >= 11 is 0. The molecule has 0 bridgehead atoms. The van der Waals surface area contributed by atoms with E-state index in [2.05, 4.69) is 10.0 Å². The average Bonchev–Trinajstić information content (AvgIpc) is 2.70. The first-order valence-electron chi connectivity index (χ1n) is 10.8. The van der Waals surface area contributed by atoms with Gasteiger partial charge in [-0.1, -0.05) is 6.07 Å². The molecule has 1 aliphatic rings. The van der Waals surface area contributed by atoms with Crippen LogP contribution in [0.3, 0.4) is 0 Å². The summed E-state index contributed by atoms with van der Waals surface area (Å²) in [7, 11) is -3.39. The maximum absolute atomic E-state index is 12.6. The predicted molar refractivity (Wildman–Crippen MR) is 122 cm³/mol. The standard InChI is InChI=1S/C22H35N3O5S/c1-5-25(19-8-6-7-17(15-19)21(27)28)14-13-23-20(26)16-9-11-18(12-10-16)24-31(29,30)22(2,3)4/h6-8,15-16,18,24H,5,9-14H2,1-4H3,(H,23,26)(H,27,28). The maximum atomic E-state index is 12.6. The monoisotopic (exact) mass is 453 g/mol. The molecule has 9 heteroatoms. The molecule has 1 aromatic rings. The molecule has 2 rings (SSSR count). The smallest absolute Gasteiger partial charge is 0.335 e. The van der Waals surface area contributed by atoms with Crippen molar-refractivity contribution in [3.05, 3.63) is 29.8 Å². The molecule has 1 amide bonds. The van der Waals surface area contributed by atoms with Crippen molar-refractivity contribution in [2.75, 3.05) is 24.5 Å². The predicted octanol–water partition coefficient (Wildman–Crippen LogP) is 2.60. The number of carbonyl (C=O) groups excluding carboxylic acids is 1. The summed E-state index contributed by atoms with van der Waals surface area (Å²) < 4.78 is 26.6. The van der Waals surface area contributed by atoms with Crippen molar-refractivity contribution in [2.24, 2.45) is 5.92 Å². The minimum atomic E-state index is -3.39. The zero-order valence-electron chi connectivity index (χ0n) is 18.8. The Bertz CT molecular complexity index is 871. The third-order valence-electron chi connectivity index (χ3n) is 5.75. The molecule has 8 nitrogen and oxygen atoms in total. The number of carboxylic acids is 1. The molecule has 0 aromatic heterocycles. The van der Waals surface area contributed by atoms with E-state index < -0.39 is 20.7 Å². The number of benzene rings is 1. The molecule has 174 valence electrons. The first-order chi connectivity index (χ1) is 14.4. The van der Waals surface area contributed by atoms with E-state index in [1.165, 1.54) is 0 Å². The van der Waals surface area contributed by atoms with Gasteiger partial charge in [-0.2, -0.15) is 0 Å². The van der Waals surface area contributed by atoms with Crippen LogP contribution in [0.5, 0.6) is 0 Å².